The van der Waals surface area contributed by atoms with Gasteiger partial charge in [0.05, 0.1) is 0 Å². The van der Waals surface area contributed by atoms with Crippen LogP contribution in [0.1, 0.15) is 37.7 Å². The quantitative estimate of drug-likeness (QED) is 0.822. The molecule has 2 N–H and O–H groups in total. The number of hydrogen-bond donors (Lipinski definition) is 2. The Kier molecular flexibility index (Phi) is 3.76. The van der Waals surface area contributed by atoms with Crippen molar-refractivity contribution >= 4 is 5.91 Å². The molecule has 4 aliphatic rings. The molecule has 1 aromatic carbocycles. The molecule has 0 aromatic heterocycles. The van der Waals surface area contributed by atoms with Crippen LogP contribution in [0, 0.1) is 24.7 Å². The van der Waals surface area contributed by atoms with E-state index in [0.717, 1.165) is 17.6 Å². The zero-order valence-corrected chi connectivity index (χ0v) is 13.6. The van der Waals surface area contributed by atoms with Gasteiger partial charge in [-0.2, -0.15) is 0 Å². The first kappa shape index (κ1) is 14.6. The van der Waals surface area contributed by atoms with E-state index in [-0.39, 0.29) is 12.5 Å². The van der Waals surface area contributed by atoms with Gasteiger partial charge in [0.25, 0.3) is 5.91 Å². The molecule has 122 valence electrons. The number of ether oxygens (including phenoxy) is 1. The van der Waals surface area contributed by atoms with Gasteiger partial charge in [-0.05, 0) is 68.6 Å². The van der Waals surface area contributed by atoms with Gasteiger partial charge in [-0.25, -0.2) is 0 Å². The summed E-state index contributed by atoms with van der Waals surface area (Å²) in [4.78, 5) is 12.0. The molecular weight excluding hydrogens is 288 g/mol. The van der Waals surface area contributed by atoms with Crippen LogP contribution in [0.2, 0.25) is 0 Å². The summed E-state index contributed by atoms with van der Waals surface area (Å²) in [5, 5.41) is 0. The Labute approximate surface area is 137 Å². The summed E-state index contributed by atoms with van der Waals surface area (Å²) in [6.45, 7) is 2.06. The van der Waals surface area contributed by atoms with E-state index in [0.29, 0.717) is 5.92 Å². The van der Waals surface area contributed by atoms with Crippen molar-refractivity contribution in [2.24, 2.45) is 17.8 Å². The van der Waals surface area contributed by atoms with Crippen molar-refractivity contribution in [1.82, 2.24) is 10.9 Å². The Morgan fingerprint density at radius 1 is 1.13 bits per heavy atom. The number of benzene rings is 1. The first-order chi connectivity index (χ1) is 11.2. The summed E-state index contributed by atoms with van der Waals surface area (Å²) in [5.74, 6) is 3.02. The summed E-state index contributed by atoms with van der Waals surface area (Å²) in [6.07, 6.45) is 6.45. The number of carbonyl (C=O) groups is 1. The molecule has 1 aromatic rings. The minimum absolute atomic E-state index is 0.0363. The van der Waals surface area contributed by atoms with Gasteiger partial charge in [0.1, 0.15) is 5.75 Å². The van der Waals surface area contributed by atoms with Gasteiger partial charge in [-0.15, -0.1) is 0 Å². The maximum absolute atomic E-state index is 12.0. The molecule has 4 aliphatic carbocycles. The standard InChI is InChI=1S/C19H24N2O2/c1-12-2-4-17(5-3-12)23-11-18(22)20-21-19-15-7-13-6-14(9-15)10-16(19)8-13/h2-5,13-15,21H,6-11H2,1H3,(H,20,22)/t13-,14+,15?. The first-order valence-electron chi connectivity index (χ1n) is 8.63. The van der Waals surface area contributed by atoms with Crippen molar-refractivity contribution < 1.29 is 9.53 Å². The zero-order chi connectivity index (χ0) is 15.8. The van der Waals surface area contributed by atoms with Crippen LogP contribution in [-0.4, -0.2) is 12.5 Å². The third-order valence-electron chi connectivity index (χ3n) is 5.49. The van der Waals surface area contributed by atoms with Crippen LogP contribution in [-0.2, 0) is 4.79 Å². The lowest BCUT2D eigenvalue weighted by Crippen LogP contribution is -2.46. The number of allylic oxidation sites excluding steroid dienone is 2. The van der Waals surface area contributed by atoms with Crippen molar-refractivity contribution in [3.05, 3.63) is 41.1 Å². The normalized spacial score (nSPS) is 28.0. The van der Waals surface area contributed by atoms with E-state index < -0.39 is 0 Å². The molecule has 0 radical (unpaired) electrons. The maximum atomic E-state index is 12.0. The third-order valence-corrected chi connectivity index (χ3v) is 5.49. The topological polar surface area (TPSA) is 50.4 Å². The van der Waals surface area contributed by atoms with E-state index in [1.165, 1.54) is 43.4 Å². The Morgan fingerprint density at radius 3 is 2.48 bits per heavy atom. The Morgan fingerprint density at radius 2 is 1.83 bits per heavy atom. The second-order valence-corrected chi connectivity index (χ2v) is 7.34. The lowest BCUT2D eigenvalue weighted by molar-refractivity contribution is -0.124. The summed E-state index contributed by atoms with van der Waals surface area (Å²) in [5.41, 5.74) is 10.1. The molecule has 2 fully saturated rings. The average Bonchev–Trinajstić information content (AvgIpc) is 2.53. The number of hydrazine groups is 1. The third kappa shape index (κ3) is 3.07. The number of rotatable bonds is 5. The van der Waals surface area contributed by atoms with Crippen LogP contribution in [0.3, 0.4) is 0 Å². The molecule has 5 rings (SSSR count). The highest BCUT2D eigenvalue weighted by molar-refractivity contribution is 5.77. The van der Waals surface area contributed by atoms with Crippen molar-refractivity contribution in [3.63, 3.8) is 0 Å². The van der Waals surface area contributed by atoms with Crippen molar-refractivity contribution in [2.45, 2.75) is 39.0 Å². The smallest absolute Gasteiger partial charge is 0.276 e. The van der Waals surface area contributed by atoms with E-state index in [4.69, 9.17) is 4.74 Å². The fraction of sp³-hybridized carbons (Fsp3) is 0.526. The van der Waals surface area contributed by atoms with Gasteiger partial charge in [0.15, 0.2) is 6.61 Å². The van der Waals surface area contributed by atoms with Crippen LogP contribution in [0.5, 0.6) is 5.75 Å². The van der Waals surface area contributed by atoms with Gasteiger partial charge in [-0.1, -0.05) is 17.7 Å². The molecule has 23 heavy (non-hydrogen) atoms. The molecule has 1 unspecified atom stereocenters. The summed E-state index contributed by atoms with van der Waals surface area (Å²) >= 11 is 0. The number of amides is 1. The minimum Gasteiger partial charge on any atom is -0.484 e. The first-order valence-corrected chi connectivity index (χ1v) is 8.63. The van der Waals surface area contributed by atoms with Crippen molar-refractivity contribution in [1.29, 1.82) is 0 Å². The summed E-state index contributed by atoms with van der Waals surface area (Å²) in [6, 6.07) is 7.73. The summed E-state index contributed by atoms with van der Waals surface area (Å²) < 4.78 is 5.51. The highest BCUT2D eigenvalue weighted by Crippen LogP contribution is 2.52. The Bertz CT molecular complexity index is 619. The molecule has 4 bridgehead atoms. The lowest BCUT2D eigenvalue weighted by Gasteiger charge is -2.47. The minimum atomic E-state index is -0.132. The average molecular weight is 312 g/mol. The molecule has 4 heteroatoms. The van der Waals surface area contributed by atoms with Crippen LogP contribution < -0.4 is 15.6 Å². The van der Waals surface area contributed by atoms with E-state index in [9.17, 15) is 4.79 Å². The Hall–Kier alpha value is -1.97. The maximum Gasteiger partial charge on any atom is 0.276 e. The zero-order valence-electron chi connectivity index (χ0n) is 13.6. The van der Waals surface area contributed by atoms with E-state index in [2.05, 4.69) is 10.9 Å². The number of nitrogens with one attached hydrogen (secondary N) is 2. The van der Waals surface area contributed by atoms with Gasteiger partial charge >= 0.3 is 0 Å². The van der Waals surface area contributed by atoms with Gasteiger partial charge in [0.2, 0.25) is 0 Å². The molecular formula is C19H24N2O2. The highest BCUT2D eigenvalue weighted by Gasteiger charge is 2.41. The molecule has 2 saturated carbocycles. The monoisotopic (exact) mass is 312 g/mol. The lowest BCUT2D eigenvalue weighted by atomic mass is 9.60. The molecule has 0 saturated heterocycles. The predicted molar refractivity (Wildman–Crippen MR) is 88.5 cm³/mol. The molecule has 3 atom stereocenters. The fourth-order valence-electron chi connectivity index (χ4n) is 4.57. The van der Waals surface area contributed by atoms with Gasteiger partial charge in [0, 0.05) is 11.6 Å². The Balaban J connectivity index is 1.29. The largest absolute Gasteiger partial charge is 0.484 e. The van der Waals surface area contributed by atoms with Crippen LogP contribution >= 0.6 is 0 Å². The predicted octanol–water partition coefficient (Wildman–Crippen LogP) is 3.09. The van der Waals surface area contributed by atoms with Gasteiger partial charge in [-0.3, -0.25) is 10.2 Å². The SMILES string of the molecule is Cc1ccc(OCC(=O)NNC2=C3C[C@@H]4CC2C[C@H](C3)C4)cc1. The van der Waals surface area contributed by atoms with E-state index in [1.807, 2.05) is 31.2 Å². The molecule has 0 aliphatic heterocycles. The number of hydrogen-bond acceptors (Lipinski definition) is 3. The second kappa shape index (κ2) is 5.91. The summed E-state index contributed by atoms with van der Waals surface area (Å²) in [7, 11) is 0. The van der Waals surface area contributed by atoms with Gasteiger partial charge < -0.3 is 10.2 Å². The van der Waals surface area contributed by atoms with Crippen LogP contribution in [0.4, 0.5) is 0 Å². The van der Waals surface area contributed by atoms with Crippen molar-refractivity contribution in [3.8, 4) is 5.75 Å². The second-order valence-electron chi connectivity index (χ2n) is 7.34. The van der Waals surface area contributed by atoms with E-state index in [1.54, 1.807) is 5.57 Å². The number of aryl methyl sites for hydroxylation is 1. The molecule has 0 spiro atoms. The number of carbonyl (C=O) groups excluding carboxylic acids is 1. The van der Waals surface area contributed by atoms with Crippen LogP contribution in [0.15, 0.2) is 35.5 Å². The fourth-order valence-corrected chi connectivity index (χ4v) is 4.57. The highest BCUT2D eigenvalue weighted by atomic mass is 16.5. The van der Waals surface area contributed by atoms with Crippen LogP contribution in [0.25, 0.3) is 0 Å². The van der Waals surface area contributed by atoms with Crippen molar-refractivity contribution in [2.75, 3.05) is 6.61 Å². The van der Waals surface area contributed by atoms with E-state index >= 15 is 0 Å². The molecule has 1 amide bonds. The molecule has 4 nitrogen and oxygen atoms in total. The molecule has 0 heterocycles.